The molecule has 9 rings (SSSR count). The third kappa shape index (κ3) is 8.81. The number of rotatable bonds is 12. The van der Waals surface area contributed by atoms with Gasteiger partial charge >= 0.3 is 12.1 Å². The van der Waals surface area contributed by atoms with Crippen LogP contribution in [0, 0.1) is 27.9 Å². The molecule has 0 bridgehead atoms. The number of anilines is 1. The number of hydrogen-bond acceptors (Lipinski definition) is 12. The van der Waals surface area contributed by atoms with E-state index in [1.165, 1.54) is 30.3 Å². The van der Waals surface area contributed by atoms with Crippen molar-refractivity contribution in [1.82, 2.24) is 10.2 Å². The molecule has 15 heteroatoms. The molecular formula is C55H52N4O11. The van der Waals surface area contributed by atoms with Crippen molar-refractivity contribution >= 4 is 35.3 Å². The number of non-ortho nitro benzene ring substituents is 1. The van der Waals surface area contributed by atoms with E-state index in [0.29, 0.717) is 46.4 Å². The fourth-order valence-electron chi connectivity index (χ4n) is 10.7. The Bertz CT molecular complexity index is 2860. The summed E-state index contributed by atoms with van der Waals surface area (Å²) in [4.78, 5) is 75.6. The van der Waals surface area contributed by atoms with E-state index in [1.54, 1.807) is 42.5 Å². The molecule has 6 unspecified atom stereocenters. The Labute approximate surface area is 404 Å². The van der Waals surface area contributed by atoms with E-state index in [0.717, 1.165) is 30.6 Å². The smallest absolute Gasteiger partial charge is 0.421 e. The van der Waals surface area contributed by atoms with Gasteiger partial charge in [0.15, 0.2) is 0 Å². The fraction of sp³-hybridized carbons (Fsp3) is 0.309. The molecule has 6 atom stereocenters. The van der Waals surface area contributed by atoms with Crippen molar-refractivity contribution < 1.29 is 48.5 Å². The van der Waals surface area contributed by atoms with E-state index in [2.05, 4.69) is 23.7 Å². The average Bonchev–Trinajstić information content (AvgIpc) is 3.72. The number of morpholine rings is 1. The summed E-state index contributed by atoms with van der Waals surface area (Å²) in [6.45, 7) is 3.04. The van der Waals surface area contributed by atoms with Gasteiger partial charge in [-0.05, 0) is 96.0 Å². The van der Waals surface area contributed by atoms with Crippen LogP contribution in [0.15, 0.2) is 140 Å². The molecule has 1 aliphatic carbocycles. The number of nitro benzene ring substituents is 1. The maximum absolute atomic E-state index is 16.5. The second kappa shape index (κ2) is 20.1. The van der Waals surface area contributed by atoms with Crippen molar-refractivity contribution in [2.24, 2.45) is 5.92 Å². The molecule has 0 radical (unpaired) electrons. The van der Waals surface area contributed by atoms with E-state index < -0.39 is 70.0 Å². The number of aliphatic hydroxyl groups excluding tert-OH is 1. The molecule has 1 saturated carbocycles. The maximum atomic E-state index is 16.5. The van der Waals surface area contributed by atoms with Crippen molar-refractivity contribution in [3.05, 3.63) is 184 Å². The number of cyclic esters (lactones) is 1. The largest absolute Gasteiger partial charge is 0.491 e. The van der Waals surface area contributed by atoms with Gasteiger partial charge in [-0.25, -0.2) is 9.69 Å². The minimum absolute atomic E-state index is 0.0385. The molecule has 3 heterocycles. The molecule has 0 aromatic heterocycles. The number of fused-ring (bicyclic) bond motifs is 3. The number of carbonyl (C=O) groups excluding carboxylic acids is 4. The highest BCUT2D eigenvalue weighted by Gasteiger charge is 2.75. The lowest BCUT2D eigenvalue weighted by molar-refractivity contribution is -0.384. The summed E-state index contributed by atoms with van der Waals surface area (Å²) in [6.07, 6.45) is 3.91. The number of hydrogen-bond donors (Lipinski definition) is 3. The second-order valence-corrected chi connectivity index (χ2v) is 18.0. The highest BCUT2D eigenvalue weighted by Crippen LogP contribution is 2.66. The van der Waals surface area contributed by atoms with Gasteiger partial charge in [0.2, 0.25) is 11.8 Å². The van der Waals surface area contributed by atoms with Crippen LogP contribution in [-0.4, -0.2) is 75.3 Å². The normalized spacial score (nSPS) is 23.5. The summed E-state index contributed by atoms with van der Waals surface area (Å²) < 4.78 is 18.4. The van der Waals surface area contributed by atoms with Crippen molar-refractivity contribution in [1.29, 1.82) is 0 Å². The topological polar surface area (TPSA) is 198 Å². The standard InChI is InChI=1S/C55H52N4O11/c1-2-30-56-50(61)45-47-51(62)70-48(39-16-9-6-10-17-39)46(38-14-7-5-8-15-38)58(47)49(40-18-13-19-42(34-40)68-32-31-60)55(45)43-33-36(26-29-54(65)27-11-3-4-12-28-54)22-25-44(43)57(52(55)63)53(64)69-35-37-20-23-41(24-21-37)59(66)67/h2,5-10,13-25,33-34,45-49,60,65H,1,3-4,11-12,27-28,30-32,35H2,(H,56,61). The van der Waals surface area contributed by atoms with Crippen LogP contribution in [0.25, 0.3) is 0 Å². The van der Waals surface area contributed by atoms with Crippen LogP contribution in [0.2, 0.25) is 0 Å². The zero-order chi connectivity index (χ0) is 49.0. The van der Waals surface area contributed by atoms with Crippen LogP contribution in [-0.2, 0) is 35.9 Å². The molecule has 1 spiro atoms. The average molecular weight is 945 g/mol. The Morgan fingerprint density at radius 2 is 1.56 bits per heavy atom. The van der Waals surface area contributed by atoms with E-state index in [1.807, 2.05) is 65.6 Å². The van der Waals surface area contributed by atoms with Gasteiger partial charge in [-0.3, -0.25) is 29.4 Å². The lowest BCUT2D eigenvalue weighted by Gasteiger charge is -2.46. The summed E-state index contributed by atoms with van der Waals surface area (Å²) in [7, 11) is 0. The van der Waals surface area contributed by atoms with Gasteiger partial charge in [0, 0.05) is 24.2 Å². The van der Waals surface area contributed by atoms with E-state index in [-0.39, 0.29) is 43.3 Å². The number of amides is 3. The Morgan fingerprint density at radius 3 is 2.23 bits per heavy atom. The molecule has 5 aromatic carbocycles. The number of nitrogens with zero attached hydrogens (tertiary/aromatic N) is 3. The number of benzene rings is 5. The Morgan fingerprint density at radius 1 is 0.871 bits per heavy atom. The number of imide groups is 1. The van der Waals surface area contributed by atoms with Crippen molar-refractivity contribution in [3.63, 3.8) is 0 Å². The predicted octanol–water partition coefficient (Wildman–Crippen LogP) is 7.71. The Hall–Kier alpha value is -7.64. The molecule has 5 aromatic rings. The zero-order valence-corrected chi connectivity index (χ0v) is 38.3. The molecule has 3 fully saturated rings. The first-order valence-electron chi connectivity index (χ1n) is 23.4. The summed E-state index contributed by atoms with van der Waals surface area (Å²) in [6, 6.07) is 32.2. The highest BCUT2D eigenvalue weighted by atomic mass is 16.6. The maximum Gasteiger partial charge on any atom is 0.421 e. The first-order chi connectivity index (χ1) is 34.0. The summed E-state index contributed by atoms with van der Waals surface area (Å²) >= 11 is 0. The lowest BCUT2D eigenvalue weighted by atomic mass is 9.65. The van der Waals surface area contributed by atoms with Gasteiger partial charge in [0.05, 0.1) is 35.2 Å². The minimum Gasteiger partial charge on any atom is -0.491 e. The molecule has 3 aliphatic heterocycles. The van der Waals surface area contributed by atoms with Crippen LogP contribution in [0.4, 0.5) is 16.2 Å². The lowest BCUT2D eigenvalue weighted by Crippen LogP contribution is -2.55. The van der Waals surface area contributed by atoms with E-state index in [4.69, 9.17) is 14.2 Å². The van der Waals surface area contributed by atoms with Gasteiger partial charge in [-0.2, -0.15) is 0 Å². The highest BCUT2D eigenvalue weighted by molar-refractivity contribution is 6.23. The van der Waals surface area contributed by atoms with Crippen LogP contribution in [0.1, 0.15) is 90.1 Å². The number of nitrogens with one attached hydrogen (secondary N) is 1. The van der Waals surface area contributed by atoms with E-state index >= 15 is 14.4 Å². The number of aliphatic hydroxyl groups is 2. The van der Waals surface area contributed by atoms with Crippen LogP contribution in [0.3, 0.4) is 0 Å². The molecule has 358 valence electrons. The minimum atomic E-state index is -2.14. The van der Waals surface area contributed by atoms with Gasteiger partial charge in [-0.1, -0.05) is 104 Å². The predicted molar refractivity (Wildman–Crippen MR) is 257 cm³/mol. The Kier molecular flexibility index (Phi) is 13.6. The second-order valence-electron chi connectivity index (χ2n) is 18.0. The van der Waals surface area contributed by atoms with Crippen molar-refractivity contribution in [2.75, 3.05) is 24.7 Å². The molecule has 4 aliphatic rings. The third-order valence-corrected chi connectivity index (χ3v) is 13.8. The van der Waals surface area contributed by atoms with Gasteiger partial charge in [-0.15, -0.1) is 6.58 Å². The molecule has 3 amide bonds. The first kappa shape index (κ1) is 47.4. The fourth-order valence-corrected chi connectivity index (χ4v) is 10.7. The number of esters is 1. The number of nitro groups is 1. The molecule has 3 N–H and O–H groups in total. The monoisotopic (exact) mass is 944 g/mol. The summed E-state index contributed by atoms with van der Waals surface area (Å²) in [5.41, 5.74) is -0.733. The van der Waals surface area contributed by atoms with E-state index in [9.17, 15) is 25.1 Å². The summed E-state index contributed by atoms with van der Waals surface area (Å²) in [5, 5.41) is 35.8. The van der Waals surface area contributed by atoms with Gasteiger partial charge in [0.25, 0.3) is 5.69 Å². The van der Waals surface area contributed by atoms with Crippen LogP contribution in [0.5, 0.6) is 5.75 Å². The van der Waals surface area contributed by atoms with Crippen molar-refractivity contribution in [3.8, 4) is 17.6 Å². The third-order valence-electron chi connectivity index (χ3n) is 13.8. The Balaban J connectivity index is 1.31. The zero-order valence-electron chi connectivity index (χ0n) is 38.3. The molecule has 15 nitrogen and oxygen atoms in total. The quantitative estimate of drug-likeness (QED) is 0.0276. The van der Waals surface area contributed by atoms with Crippen molar-refractivity contribution in [2.45, 2.75) is 80.4 Å². The SMILES string of the molecule is C=CCNC(=O)C1C2C(=O)OC(c3ccccc3)C(c3ccccc3)N2C(c2cccc(OCCO)c2)C12C(=O)N(C(=O)OCc1ccc([N+](=O)[O-])cc1)c1ccc(C#CC3(O)CCCCCC3)cc12. The number of carbonyl (C=O) groups is 4. The van der Waals surface area contributed by atoms with Gasteiger partial charge in [0.1, 0.15) is 42.1 Å². The first-order valence-corrected chi connectivity index (χ1v) is 23.4. The van der Waals surface area contributed by atoms with Crippen LogP contribution < -0.4 is 15.0 Å². The van der Waals surface area contributed by atoms with Crippen LogP contribution >= 0.6 is 0 Å². The summed E-state index contributed by atoms with van der Waals surface area (Å²) in [5.74, 6) is 2.68. The molecule has 70 heavy (non-hydrogen) atoms. The van der Waals surface area contributed by atoms with Gasteiger partial charge < -0.3 is 29.7 Å². The molecule has 2 saturated heterocycles. The molecular weight excluding hydrogens is 893 g/mol. The number of ether oxygens (including phenoxy) is 3.